The van der Waals surface area contributed by atoms with E-state index in [-0.39, 0.29) is 5.56 Å². The van der Waals surface area contributed by atoms with E-state index in [1.807, 2.05) is 42.5 Å². The van der Waals surface area contributed by atoms with E-state index in [4.69, 9.17) is 4.74 Å². The molecule has 1 aliphatic heterocycles. The number of anilines is 1. The van der Waals surface area contributed by atoms with E-state index in [9.17, 15) is 4.79 Å². The molecule has 0 saturated carbocycles. The van der Waals surface area contributed by atoms with Gasteiger partial charge in [-0.15, -0.1) is 0 Å². The Bertz CT molecular complexity index is 976. The molecule has 28 heavy (non-hydrogen) atoms. The number of methoxy groups -OCH3 is 1. The molecular weight excluding hydrogens is 350 g/mol. The van der Waals surface area contributed by atoms with Crippen LogP contribution in [0.4, 0.5) is 5.69 Å². The molecule has 0 bridgehead atoms. The van der Waals surface area contributed by atoms with E-state index < -0.39 is 0 Å². The number of hydrogen-bond donors (Lipinski definition) is 1. The van der Waals surface area contributed by atoms with Gasteiger partial charge in [-0.2, -0.15) is 0 Å². The third kappa shape index (κ3) is 3.94. The maximum atomic E-state index is 12.3. The molecule has 5 nitrogen and oxygen atoms in total. The minimum absolute atomic E-state index is 0.00756. The fraction of sp³-hybridized carbons (Fsp3) is 0.261. The normalized spacial score (nSPS) is 14.8. The van der Waals surface area contributed by atoms with Gasteiger partial charge in [0.05, 0.1) is 12.8 Å². The van der Waals surface area contributed by atoms with Crippen molar-refractivity contribution in [3.05, 3.63) is 82.8 Å². The van der Waals surface area contributed by atoms with Gasteiger partial charge in [-0.05, 0) is 29.3 Å². The maximum absolute atomic E-state index is 12.3. The zero-order valence-corrected chi connectivity index (χ0v) is 16.1. The van der Waals surface area contributed by atoms with Gasteiger partial charge in [0.1, 0.15) is 5.75 Å². The molecule has 1 fully saturated rings. The van der Waals surface area contributed by atoms with Gasteiger partial charge >= 0.3 is 0 Å². The Morgan fingerprint density at radius 2 is 1.64 bits per heavy atom. The van der Waals surface area contributed by atoms with E-state index in [1.165, 1.54) is 0 Å². The summed E-state index contributed by atoms with van der Waals surface area (Å²) in [4.78, 5) is 19.9. The molecule has 2 aromatic carbocycles. The van der Waals surface area contributed by atoms with Crippen molar-refractivity contribution in [3.63, 3.8) is 0 Å². The lowest BCUT2D eigenvalue weighted by atomic mass is 10.1. The number of hydrogen-bond acceptors (Lipinski definition) is 4. The Hall–Kier alpha value is -3.05. The van der Waals surface area contributed by atoms with Gasteiger partial charge in [-0.25, -0.2) is 0 Å². The van der Waals surface area contributed by atoms with Crippen LogP contribution in [-0.4, -0.2) is 43.2 Å². The van der Waals surface area contributed by atoms with Crippen LogP contribution in [0.25, 0.3) is 11.1 Å². The average Bonchev–Trinajstić information content (AvgIpc) is 2.76. The molecule has 144 valence electrons. The number of aromatic nitrogens is 1. The molecule has 0 spiro atoms. The summed E-state index contributed by atoms with van der Waals surface area (Å²) in [6.45, 7) is 4.31. The van der Waals surface area contributed by atoms with Crippen LogP contribution >= 0.6 is 0 Å². The number of para-hydroxylation sites is 2. The zero-order chi connectivity index (χ0) is 19.3. The summed E-state index contributed by atoms with van der Waals surface area (Å²) in [5.41, 5.74) is 4.09. The maximum Gasteiger partial charge on any atom is 0.252 e. The van der Waals surface area contributed by atoms with Crippen molar-refractivity contribution in [1.82, 2.24) is 9.88 Å². The number of nitrogens with one attached hydrogen (secondary N) is 1. The monoisotopic (exact) mass is 375 g/mol. The quantitative estimate of drug-likeness (QED) is 0.743. The number of pyridine rings is 1. The van der Waals surface area contributed by atoms with Crippen LogP contribution in [0.3, 0.4) is 0 Å². The summed E-state index contributed by atoms with van der Waals surface area (Å²) in [6, 6.07) is 20.3. The molecule has 0 aliphatic carbocycles. The van der Waals surface area contributed by atoms with Gasteiger partial charge < -0.3 is 14.6 Å². The van der Waals surface area contributed by atoms with Crippen LogP contribution in [0, 0.1) is 0 Å². The number of benzene rings is 2. The number of aromatic amines is 1. The van der Waals surface area contributed by atoms with Gasteiger partial charge in [0.2, 0.25) is 0 Å². The fourth-order valence-corrected chi connectivity index (χ4v) is 3.72. The van der Waals surface area contributed by atoms with Gasteiger partial charge in [-0.1, -0.05) is 42.5 Å². The van der Waals surface area contributed by atoms with Crippen LogP contribution in [0.2, 0.25) is 0 Å². The molecule has 1 saturated heterocycles. The molecule has 3 aromatic rings. The predicted octanol–water partition coefficient (Wildman–Crippen LogP) is 3.37. The molecule has 5 heteroatoms. The number of rotatable bonds is 5. The molecule has 1 N–H and O–H groups in total. The summed E-state index contributed by atoms with van der Waals surface area (Å²) in [5, 5.41) is 0. The Morgan fingerprint density at radius 3 is 2.39 bits per heavy atom. The summed E-state index contributed by atoms with van der Waals surface area (Å²) >= 11 is 0. The predicted molar refractivity (Wildman–Crippen MR) is 113 cm³/mol. The Morgan fingerprint density at radius 1 is 0.929 bits per heavy atom. The Labute approximate surface area is 165 Å². The first-order valence-corrected chi connectivity index (χ1v) is 9.62. The standard InChI is InChI=1S/C23H25N3O2/c1-28-22-10-6-5-9-21(22)26-13-11-25(12-14-26)17-20-15-19(16-24-23(20)27)18-7-3-2-4-8-18/h2-10,15-16H,11-14,17H2,1H3,(H,24,27). The number of nitrogens with zero attached hydrogens (tertiary/aromatic N) is 2. The van der Waals surface area contributed by atoms with Crippen molar-refractivity contribution in [1.29, 1.82) is 0 Å². The fourth-order valence-electron chi connectivity index (χ4n) is 3.72. The van der Waals surface area contributed by atoms with Crippen molar-refractivity contribution in [2.45, 2.75) is 6.54 Å². The summed E-state index contributed by atoms with van der Waals surface area (Å²) in [5.74, 6) is 0.906. The van der Waals surface area contributed by atoms with Crippen molar-refractivity contribution in [2.75, 3.05) is 38.2 Å². The molecule has 0 amide bonds. The lowest BCUT2D eigenvalue weighted by Gasteiger charge is -2.36. The Balaban J connectivity index is 1.44. The highest BCUT2D eigenvalue weighted by Crippen LogP contribution is 2.28. The molecule has 0 unspecified atom stereocenters. The SMILES string of the molecule is COc1ccccc1N1CCN(Cc2cc(-c3ccccc3)c[nH]c2=O)CC1. The van der Waals surface area contributed by atoms with Crippen LogP contribution in [-0.2, 0) is 6.54 Å². The van der Waals surface area contributed by atoms with E-state index in [0.717, 1.165) is 54.3 Å². The van der Waals surface area contributed by atoms with Crippen LogP contribution < -0.4 is 15.2 Å². The minimum atomic E-state index is -0.00756. The van der Waals surface area contributed by atoms with E-state index >= 15 is 0 Å². The highest BCUT2D eigenvalue weighted by Gasteiger charge is 2.20. The molecule has 1 aliphatic rings. The molecule has 2 heterocycles. The second kappa shape index (κ2) is 8.31. The van der Waals surface area contributed by atoms with Gasteiger partial charge in [-0.3, -0.25) is 9.69 Å². The molecule has 0 radical (unpaired) electrons. The van der Waals surface area contributed by atoms with E-state index in [0.29, 0.717) is 6.54 Å². The smallest absolute Gasteiger partial charge is 0.252 e. The first kappa shape index (κ1) is 18.3. The second-order valence-corrected chi connectivity index (χ2v) is 7.04. The lowest BCUT2D eigenvalue weighted by molar-refractivity contribution is 0.248. The van der Waals surface area contributed by atoms with E-state index in [2.05, 4.69) is 33.0 Å². The first-order valence-electron chi connectivity index (χ1n) is 9.62. The van der Waals surface area contributed by atoms with Crippen LogP contribution in [0.1, 0.15) is 5.56 Å². The van der Waals surface area contributed by atoms with Gasteiger partial charge in [0, 0.05) is 44.5 Å². The molecular formula is C23H25N3O2. The minimum Gasteiger partial charge on any atom is -0.495 e. The number of piperazine rings is 1. The van der Waals surface area contributed by atoms with Crippen molar-refractivity contribution in [3.8, 4) is 16.9 Å². The summed E-state index contributed by atoms with van der Waals surface area (Å²) in [7, 11) is 1.71. The van der Waals surface area contributed by atoms with Gasteiger partial charge in [0.15, 0.2) is 0 Å². The van der Waals surface area contributed by atoms with Crippen LogP contribution in [0.15, 0.2) is 71.7 Å². The number of H-pyrrole nitrogens is 1. The van der Waals surface area contributed by atoms with Crippen molar-refractivity contribution < 1.29 is 4.74 Å². The van der Waals surface area contributed by atoms with Gasteiger partial charge in [0.25, 0.3) is 5.56 Å². The first-order chi connectivity index (χ1) is 13.7. The topological polar surface area (TPSA) is 48.6 Å². The lowest BCUT2D eigenvalue weighted by Crippen LogP contribution is -2.46. The highest BCUT2D eigenvalue weighted by atomic mass is 16.5. The molecule has 0 atom stereocenters. The highest BCUT2D eigenvalue weighted by molar-refractivity contribution is 5.62. The van der Waals surface area contributed by atoms with Crippen molar-refractivity contribution in [2.24, 2.45) is 0 Å². The average molecular weight is 375 g/mol. The molecule has 1 aromatic heterocycles. The molecule has 4 rings (SSSR count). The Kier molecular flexibility index (Phi) is 5.44. The third-order valence-corrected chi connectivity index (χ3v) is 5.28. The summed E-state index contributed by atoms with van der Waals surface area (Å²) in [6.07, 6.45) is 1.79. The summed E-state index contributed by atoms with van der Waals surface area (Å²) < 4.78 is 5.49. The largest absolute Gasteiger partial charge is 0.495 e. The van der Waals surface area contributed by atoms with E-state index in [1.54, 1.807) is 13.3 Å². The number of ether oxygens (including phenoxy) is 1. The van der Waals surface area contributed by atoms with Crippen molar-refractivity contribution >= 4 is 5.69 Å². The third-order valence-electron chi connectivity index (χ3n) is 5.28. The second-order valence-electron chi connectivity index (χ2n) is 7.04. The zero-order valence-electron chi connectivity index (χ0n) is 16.1. The van der Waals surface area contributed by atoms with Crippen LogP contribution in [0.5, 0.6) is 5.75 Å².